The summed E-state index contributed by atoms with van der Waals surface area (Å²) in [4.78, 5) is 18.8. The third kappa shape index (κ3) is 4.71. The van der Waals surface area contributed by atoms with Gasteiger partial charge < -0.3 is 4.90 Å². The predicted molar refractivity (Wildman–Crippen MR) is 106 cm³/mol. The Kier molecular flexibility index (Phi) is 6.06. The number of rotatable bonds is 6. The van der Waals surface area contributed by atoms with E-state index in [9.17, 15) is 9.18 Å². The van der Waals surface area contributed by atoms with Gasteiger partial charge in [-0.05, 0) is 24.6 Å². The molecule has 0 aliphatic rings. The second-order valence-electron chi connectivity index (χ2n) is 5.95. The van der Waals surface area contributed by atoms with E-state index in [1.54, 1.807) is 18.0 Å². The quantitative estimate of drug-likeness (QED) is 0.553. The van der Waals surface area contributed by atoms with Crippen LogP contribution in [0.1, 0.15) is 12.5 Å². The number of carbonyl (C=O) groups excluding carboxylic acids is 1. The molecule has 0 saturated heterocycles. The van der Waals surface area contributed by atoms with Crippen LogP contribution in [0.25, 0.3) is 11.3 Å². The Morgan fingerprint density at radius 3 is 2.73 bits per heavy atom. The number of nitrogens with zero attached hydrogens (tertiary/aromatic N) is 2. The number of thioether (sulfide) groups is 1. The van der Waals surface area contributed by atoms with Crippen LogP contribution in [0.2, 0.25) is 0 Å². The van der Waals surface area contributed by atoms with Crippen molar-refractivity contribution >= 4 is 29.0 Å². The average molecular weight is 387 g/mol. The van der Waals surface area contributed by atoms with E-state index < -0.39 is 0 Å². The van der Waals surface area contributed by atoms with Crippen LogP contribution in [0.3, 0.4) is 0 Å². The van der Waals surface area contributed by atoms with Crippen molar-refractivity contribution < 1.29 is 9.18 Å². The van der Waals surface area contributed by atoms with Gasteiger partial charge in [0, 0.05) is 24.5 Å². The number of amides is 1. The highest BCUT2D eigenvalue weighted by atomic mass is 32.2. The molecule has 1 atom stereocenters. The molecule has 1 heterocycles. The zero-order valence-corrected chi connectivity index (χ0v) is 16.2. The van der Waals surface area contributed by atoms with E-state index >= 15 is 0 Å². The Morgan fingerprint density at radius 1 is 1.23 bits per heavy atom. The molecule has 0 aliphatic carbocycles. The van der Waals surface area contributed by atoms with Crippen molar-refractivity contribution in [2.24, 2.45) is 0 Å². The molecule has 2 aromatic carbocycles. The maximum absolute atomic E-state index is 13.3. The van der Waals surface area contributed by atoms with Crippen LogP contribution >= 0.6 is 23.1 Å². The lowest BCUT2D eigenvalue weighted by Gasteiger charge is -2.20. The minimum absolute atomic E-state index is 0.00396. The van der Waals surface area contributed by atoms with Crippen LogP contribution in [0.4, 0.5) is 4.39 Å². The number of thiazole rings is 1. The fraction of sp³-hybridized carbons (Fsp3) is 0.200. The number of benzene rings is 2. The number of aromatic nitrogens is 1. The summed E-state index contributed by atoms with van der Waals surface area (Å²) in [6.07, 6.45) is 0. The number of halogens is 1. The van der Waals surface area contributed by atoms with E-state index in [1.807, 2.05) is 48.7 Å². The molecule has 0 bridgehead atoms. The van der Waals surface area contributed by atoms with Crippen molar-refractivity contribution in [3.63, 3.8) is 0 Å². The molecule has 3 aromatic rings. The van der Waals surface area contributed by atoms with Gasteiger partial charge in [-0.2, -0.15) is 0 Å². The number of hydrogen-bond acceptors (Lipinski definition) is 4. The molecular weight excluding hydrogens is 367 g/mol. The Hall–Kier alpha value is -2.18. The van der Waals surface area contributed by atoms with E-state index in [4.69, 9.17) is 0 Å². The monoisotopic (exact) mass is 386 g/mol. The molecule has 3 nitrogen and oxygen atoms in total. The van der Waals surface area contributed by atoms with Crippen molar-refractivity contribution in [1.82, 2.24) is 9.88 Å². The molecule has 0 N–H and O–H groups in total. The highest BCUT2D eigenvalue weighted by Crippen LogP contribution is 2.31. The average Bonchev–Trinajstić information content (AvgIpc) is 3.10. The minimum atomic E-state index is -0.290. The maximum atomic E-state index is 13.3. The molecule has 0 aliphatic heterocycles. The van der Waals surface area contributed by atoms with Crippen LogP contribution in [-0.4, -0.2) is 28.1 Å². The molecule has 0 fully saturated rings. The van der Waals surface area contributed by atoms with Crippen molar-refractivity contribution in [1.29, 1.82) is 0 Å². The van der Waals surface area contributed by atoms with Gasteiger partial charge in [0.05, 0.1) is 10.9 Å². The van der Waals surface area contributed by atoms with Gasteiger partial charge in [-0.1, -0.05) is 54.2 Å². The van der Waals surface area contributed by atoms with Crippen LogP contribution < -0.4 is 0 Å². The van der Waals surface area contributed by atoms with E-state index in [-0.39, 0.29) is 17.0 Å². The summed E-state index contributed by atoms with van der Waals surface area (Å²) in [5.41, 5.74) is 2.77. The zero-order chi connectivity index (χ0) is 18.5. The molecule has 3 rings (SSSR count). The Labute approximate surface area is 160 Å². The third-order valence-electron chi connectivity index (χ3n) is 3.86. The molecule has 0 radical (unpaired) electrons. The second-order valence-corrected chi connectivity index (χ2v) is 8.40. The topological polar surface area (TPSA) is 33.2 Å². The lowest BCUT2D eigenvalue weighted by Crippen LogP contribution is -2.32. The fourth-order valence-electron chi connectivity index (χ4n) is 2.55. The van der Waals surface area contributed by atoms with E-state index in [0.29, 0.717) is 6.54 Å². The largest absolute Gasteiger partial charge is 0.340 e. The standard InChI is InChI=1S/C20H19FN2OS2/c1-14(19(24)23(2)12-15-7-6-10-17(21)11-15)26-20-22-18(13-25-20)16-8-4-3-5-9-16/h3-11,13-14H,12H2,1-2H3/t14-/m0/s1. The predicted octanol–water partition coefficient (Wildman–Crippen LogP) is 5.09. The maximum Gasteiger partial charge on any atom is 0.235 e. The molecule has 134 valence electrons. The lowest BCUT2D eigenvalue weighted by molar-refractivity contribution is -0.129. The number of hydrogen-bond donors (Lipinski definition) is 0. The first-order chi connectivity index (χ1) is 12.5. The molecule has 0 saturated carbocycles. The summed E-state index contributed by atoms with van der Waals surface area (Å²) in [5, 5.41) is 1.74. The minimum Gasteiger partial charge on any atom is -0.340 e. The summed E-state index contributed by atoms with van der Waals surface area (Å²) in [6, 6.07) is 16.3. The Bertz CT molecular complexity index is 882. The van der Waals surface area contributed by atoms with Crippen molar-refractivity contribution in [2.75, 3.05) is 7.05 Å². The Balaban J connectivity index is 1.61. The third-order valence-corrected chi connectivity index (χ3v) is 5.92. The van der Waals surface area contributed by atoms with Gasteiger partial charge in [-0.25, -0.2) is 9.37 Å². The fourth-order valence-corrected chi connectivity index (χ4v) is 4.64. The Morgan fingerprint density at radius 2 is 2.00 bits per heavy atom. The SMILES string of the molecule is C[C@H](Sc1nc(-c2ccccc2)cs1)C(=O)N(C)Cc1cccc(F)c1. The molecule has 0 spiro atoms. The van der Waals surface area contributed by atoms with E-state index in [2.05, 4.69) is 4.98 Å². The van der Waals surface area contributed by atoms with Crippen LogP contribution in [0.15, 0.2) is 64.3 Å². The first kappa shape index (κ1) is 18.6. The zero-order valence-electron chi connectivity index (χ0n) is 14.6. The molecule has 1 aromatic heterocycles. The van der Waals surface area contributed by atoms with Gasteiger partial charge in [-0.15, -0.1) is 11.3 Å². The second kappa shape index (κ2) is 8.47. The van der Waals surface area contributed by atoms with Gasteiger partial charge in [0.1, 0.15) is 5.82 Å². The first-order valence-electron chi connectivity index (χ1n) is 8.20. The molecule has 1 amide bonds. The van der Waals surface area contributed by atoms with E-state index in [1.165, 1.54) is 35.2 Å². The van der Waals surface area contributed by atoms with Crippen LogP contribution in [-0.2, 0) is 11.3 Å². The van der Waals surface area contributed by atoms with Crippen molar-refractivity contribution in [3.05, 3.63) is 71.4 Å². The van der Waals surface area contributed by atoms with Crippen molar-refractivity contribution in [2.45, 2.75) is 23.1 Å². The van der Waals surface area contributed by atoms with Gasteiger partial charge in [0.15, 0.2) is 4.34 Å². The van der Waals surface area contributed by atoms with Crippen LogP contribution in [0.5, 0.6) is 0 Å². The van der Waals surface area contributed by atoms with E-state index in [0.717, 1.165) is 21.2 Å². The van der Waals surface area contributed by atoms with Gasteiger partial charge in [0.25, 0.3) is 0 Å². The summed E-state index contributed by atoms with van der Waals surface area (Å²) in [6.45, 7) is 2.26. The highest BCUT2D eigenvalue weighted by Gasteiger charge is 2.20. The summed E-state index contributed by atoms with van der Waals surface area (Å²) < 4.78 is 14.2. The first-order valence-corrected chi connectivity index (χ1v) is 9.96. The summed E-state index contributed by atoms with van der Waals surface area (Å²) in [7, 11) is 1.74. The summed E-state index contributed by atoms with van der Waals surface area (Å²) >= 11 is 2.99. The highest BCUT2D eigenvalue weighted by molar-refractivity contribution is 8.02. The normalized spacial score (nSPS) is 12.0. The van der Waals surface area contributed by atoms with Gasteiger partial charge >= 0.3 is 0 Å². The smallest absolute Gasteiger partial charge is 0.235 e. The van der Waals surface area contributed by atoms with Gasteiger partial charge in [0.2, 0.25) is 5.91 Å². The lowest BCUT2D eigenvalue weighted by atomic mass is 10.2. The molecular formula is C20H19FN2OS2. The molecule has 0 unspecified atom stereocenters. The van der Waals surface area contributed by atoms with Crippen LogP contribution in [0, 0.1) is 5.82 Å². The molecule has 26 heavy (non-hydrogen) atoms. The number of carbonyl (C=O) groups is 1. The summed E-state index contributed by atoms with van der Waals surface area (Å²) in [5.74, 6) is -0.294. The van der Waals surface area contributed by atoms with Gasteiger partial charge in [-0.3, -0.25) is 4.79 Å². The van der Waals surface area contributed by atoms with Crippen molar-refractivity contribution in [3.8, 4) is 11.3 Å². The molecule has 6 heteroatoms.